The number of carbonyl (C=O) groups excluding carboxylic acids is 2. The predicted molar refractivity (Wildman–Crippen MR) is 83.0 cm³/mol. The maximum atomic E-state index is 12.5. The standard InChI is InChI=1S/C16H19N3O5.Na/c1-8-9-5-3-4-6-10(9)13-14(22)12(15(23)17-7-11(20)21)16(24)18(2)19(8)13;/h22H,3-7H2,1-2H3,(H,17,23)(H,20,21);/q;+1/p-1. The van der Waals surface area contributed by atoms with Crippen LogP contribution in [0.1, 0.15) is 40.0 Å². The monoisotopic (exact) mass is 355 g/mol. The van der Waals surface area contributed by atoms with Gasteiger partial charge in [0.1, 0.15) is 11.1 Å². The molecule has 0 aromatic carbocycles. The van der Waals surface area contributed by atoms with E-state index >= 15 is 0 Å². The van der Waals surface area contributed by atoms with Gasteiger partial charge >= 0.3 is 29.6 Å². The molecule has 25 heavy (non-hydrogen) atoms. The molecule has 0 spiro atoms. The molecule has 1 amide bonds. The van der Waals surface area contributed by atoms with Gasteiger partial charge in [0, 0.05) is 12.7 Å². The van der Waals surface area contributed by atoms with Crippen molar-refractivity contribution >= 4 is 17.4 Å². The Hall–Kier alpha value is -1.77. The molecule has 2 aromatic heterocycles. The van der Waals surface area contributed by atoms with Crippen LogP contribution >= 0.6 is 0 Å². The number of amides is 1. The number of hydrogen-bond donors (Lipinski definition) is 2. The van der Waals surface area contributed by atoms with E-state index in [1.165, 1.54) is 11.7 Å². The van der Waals surface area contributed by atoms with Crippen LogP contribution in [0.15, 0.2) is 4.79 Å². The molecule has 2 heterocycles. The third-order valence-corrected chi connectivity index (χ3v) is 4.61. The van der Waals surface area contributed by atoms with Crippen molar-refractivity contribution in [3.8, 4) is 5.75 Å². The number of aromatic nitrogens is 2. The number of nitrogens with zero attached hydrogens (tertiary/aromatic N) is 2. The predicted octanol–water partition coefficient (Wildman–Crippen LogP) is -3.99. The third kappa shape index (κ3) is 3.09. The Morgan fingerprint density at radius 1 is 1.24 bits per heavy atom. The molecule has 9 heteroatoms. The van der Waals surface area contributed by atoms with Crippen LogP contribution in [0.3, 0.4) is 0 Å². The summed E-state index contributed by atoms with van der Waals surface area (Å²) in [6, 6.07) is 0. The second kappa shape index (κ2) is 7.23. The Balaban J connectivity index is 0.00000225. The van der Waals surface area contributed by atoms with Crippen LogP contribution in [-0.2, 0) is 24.7 Å². The first-order chi connectivity index (χ1) is 11.3. The van der Waals surface area contributed by atoms with Crippen LogP contribution in [0.25, 0.3) is 5.52 Å². The largest absolute Gasteiger partial charge is 1.00 e. The summed E-state index contributed by atoms with van der Waals surface area (Å²) in [4.78, 5) is 35.2. The van der Waals surface area contributed by atoms with Gasteiger partial charge in [0.15, 0.2) is 5.75 Å². The number of rotatable bonds is 3. The van der Waals surface area contributed by atoms with Crippen molar-refractivity contribution < 1.29 is 49.4 Å². The van der Waals surface area contributed by atoms with Gasteiger partial charge in [-0.1, -0.05) is 0 Å². The van der Waals surface area contributed by atoms with Gasteiger partial charge in [-0.2, -0.15) is 0 Å². The summed E-state index contributed by atoms with van der Waals surface area (Å²) in [5, 5.41) is 23.2. The van der Waals surface area contributed by atoms with Gasteiger partial charge < -0.3 is 20.3 Å². The van der Waals surface area contributed by atoms with Crippen LogP contribution in [0, 0.1) is 6.92 Å². The van der Waals surface area contributed by atoms with Crippen molar-refractivity contribution in [1.29, 1.82) is 0 Å². The molecule has 0 saturated heterocycles. The van der Waals surface area contributed by atoms with Crippen molar-refractivity contribution in [1.82, 2.24) is 14.5 Å². The number of nitrogens with one attached hydrogen (secondary N) is 1. The van der Waals surface area contributed by atoms with Crippen LogP contribution < -0.4 is 45.5 Å². The Morgan fingerprint density at radius 3 is 2.44 bits per heavy atom. The SMILES string of the molecule is Cc1c2c(c3c(O)c(C(=O)NCC(=O)[O-])c(=O)n(C)n13)CCCC2.[Na+]. The first-order valence-corrected chi connectivity index (χ1v) is 7.77. The number of hydrogen-bond acceptors (Lipinski definition) is 5. The van der Waals surface area contributed by atoms with Crippen LogP contribution in [-0.4, -0.2) is 32.7 Å². The van der Waals surface area contributed by atoms with Crippen molar-refractivity contribution in [2.75, 3.05) is 6.54 Å². The number of fused-ring (bicyclic) bond motifs is 3. The number of carboxylic acid groups (broad SMARTS) is 1. The van der Waals surface area contributed by atoms with Gasteiger partial charge in [0.25, 0.3) is 11.5 Å². The molecule has 2 aromatic rings. The Kier molecular flexibility index (Phi) is 5.65. The van der Waals surface area contributed by atoms with E-state index < -0.39 is 35.3 Å². The zero-order valence-corrected chi connectivity index (χ0v) is 16.5. The Bertz CT molecular complexity index is 928. The van der Waals surface area contributed by atoms with Gasteiger partial charge in [-0.3, -0.25) is 14.1 Å². The second-order valence-corrected chi connectivity index (χ2v) is 6.02. The van der Waals surface area contributed by atoms with E-state index in [1.807, 2.05) is 6.92 Å². The molecule has 0 radical (unpaired) electrons. The minimum atomic E-state index is -1.48. The van der Waals surface area contributed by atoms with E-state index in [0.717, 1.165) is 42.5 Å². The normalized spacial score (nSPS) is 13.2. The van der Waals surface area contributed by atoms with E-state index in [-0.39, 0.29) is 29.6 Å². The van der Waals surface area contributed by atoms with Gasteiger partial charge in [-0.25, -0.2) is 4.68 Å². The molecule has 128 valence electrons. The smallest absolute Gasteiger partial charge is 0.548 e. The molecular formula is C16H18N3NaO5. The van der Waals surface area contributed by atoms with Gasteiger partial charge in [0.05, 0.1) is 12.5 Å². The molecule has 1 aliphatic carbocycles. The second-order valence-electron chi connectivity index (χ2n) is 6.02. The zero-order chi connectivity index (χ0) is 17.6. The first-order valence-electron chi connectivity index (χ1n) is 7.77. The Morgan fingerprint density at radius 2 is 1.84 bits per heavy atom. The number of aromatic hydroxyl groups is 1. The maximum absolute atomic E-state index is 12.5. The molecule has 0 unspecified atom stereocenters. The fourth-order valence-electron chi connectivity index (χ4n) is 3.53. The van der Waals surface area contributed by atoms with Gasteiger partial charge in [-0.15, -0.1) is 0 Å². The van der Waals surface area contributed by atoms with E-state index in [2.05, 4.69) is 5.32 Å². The molecule has 1 aliphatic rings. The average molecular weight is 355 g/mol. The van der Waals surface area contributed by atoms with E-state index in [4.69, 9.17) is 0 Å². The molecule has 0 saturated carbocycles. The number of aliphatic carboxylic acids is 1. The summed E-state index contributed by atoms with van der Waals surface area (Å²) in [6.07, 6.45) is 3.64. The minimum absolute atomic E-state index is 0. The van der Waals surface area contributed by atoms with Crippen molar-refractivity contribution in [3.05, 3.63) is 32.7 Å². The maximum Gasteiger partial charge on any atom is 1.00 e. The summed E-state index contributed by atoms with van der Waals surface area (Å²) >= 11 is 0. The fourth-order valence-corrected chi connectivity index (χ4v) is 3.53. The van der Waals surface area contributed by atoms with E-state index in [1.54, 1.807) is 4.52 Å². The topological polar surface area (TPSA) is 116 Å². The number of aryl methyl sites for hydroxylation is 3. The summed E-state index contributed by atoms with van der Waals surface area (Å²) in [6.45, 7) is 1.15. The number of carboxylic acids is 1. The zero-order valence-electron chi connectivity index (χ0n) is 14.5. The van der Waals surface area contributed by atoms with Crippen molar-refractivity contribution in [2.24, 2.45) is 7.05 Å². The van der Waals surface area contributed by atoms with Gasteiger partial charge in [-0.05, 0) is 43.7 Å². The van der Waals surface area contributed by atoms with E-state index in [9.17, 15) is 24.6 Å². The van der Waals surface area contributed by atoms with Crippen molar-refractivity contribution in [3.63, 3.8) is 0 Å². The van der Waals surface area contributed by atoms with Crippen LogP contribution in [0.4, 0.5) is 0 Å². The number of carbonyl (C=O) groups is 2. The fraction of sp³-hybridized carbons (Fsp3) is 0.438. The first kappa shape index (κ1) is 19.6. The van der Waals surface area contributed by atoms with E-state index in [0.29, 0.717) is 5.52 Å². The van der Waals surface area contributed by atoms with Gasteiger partial charge in [0.2, 0.25) is 0 Å². The molecule has 0 fully saturated rings. The molecule has 0 bridgehead atoms. The summed E-state index contributed by atoms with van der Waals surface area (Å²) in [7, 11) is 1.52. The molecule has 0 aliphatic heterocycles. The average Bonchev–Trinajstić information content (AvgIpc) is 2.85. The summed E-state index contributed by atoms with van der Waals surface area (Å²) in [5.41, 5.74) is 2.22. The molecular weight excluding hydrogens is 337 g/mol. The van der Waals surface area contributed by atoms with Crippen LogP contribution in [0.2, 0.25) is 0 Å². The van der Waals surface area contributed by atoms with Crippen molar-refractivity contribution in [2.45, 2.75) is 32.6 Å². The summed E-state index contributed by atoms with van der Waals surface area (Å²) < 4.78 is 2.90. The molecule has 3 rings (SSSR count). The minimum Gasteiger partial charge on any atom is -0.548 e. The third-order valence-electron chi connectivity index (χ3n) is 4.61. The summed E-state index contributed by atoms with van der Waals surface area (Å²) in [5.74, 6) is -2.81. The van der Waals surface area contributed by atoms with Crippen LogP contribution in [0.5, 0.6) is 5.75 Å². The molecule has 0 atom stereocenters. The molecule has 8 nitrogen and oxygen atoms in total. The Labute approximate surface area is 165 Å². The quantitative estimate of drug-likeness (QED) is 0.545. The molecule has 2 N–H and O–H groups in total.